The van der Waals surface area contributed by atoms with Crippen molar-refractivity contribution in [3.05, 3.63) is 77.3 Å². The van der Waals surface area contributed by atoms with E-state index < -0.39 is 0 Å². The largest absolute Gasteiger partial charge is 0.325 e. The first kappa shape index (κ1) is 17.5. The number of nitrogens with one attached hydrogen (secondary N) is 2. The van der Waals surface area contributed by atoms with Crippen LogP contribution in [0.5, 0.6) is 0 Å². The summed E-state index contributed by atoms with van der Waals surface area (Å²) in [6.45, 7) is 3.85. The van der Waals surface area contributed by atoms with E-state index >= 15 is 0 Å². The van der Waals surface area contributed by atoms with Crippen LogP contribution >= 0.6 is 11.6 Å². The van der Waals surface area contributed by atoms with Crippen molar-refractivity contribution in [2.75, 3.05) is 5.32 Å². The SMILES string of the molecule is C[C@H](N[C@H](C)C(=O)Nc1ccc2ccccc2c1)c1ccccc1Cl. The molecule has 0 fully saturated rings. The number of anilines is 1. The lowest BCUT2D eigenvalue weighted by Gasteiger charge is -2.21. The predicted octanol–water partition coefficient (Wildman–Crippen LogP) is 5.17. The molecule has 25 heavy (non-hydrogen) atoms. The van der Waals surface area contributed by atoms with Crippen molar-refractivity contribution in [3.8, 4) is 0 Å². The van der Waals surface area contributed by atoms with E-state index in [0.29, 0.717) is 5.02 Å². The van der Waals surface area contributed by atoms with E-state index in [1.54, 1.807) is 0 Å². The van der Waals surface area contributed by atoms with E-state index in [1.165, 1.54) is 0 Å². The van der Waals surface area contributed by atoms with Crippen molar-refractivity contribution < 1.29 is 4.79 Å². The van der Waals surface area contributed by atoms with Crippen molar-refractivity contribution in [1.29, 1.82) is 0 Å². The normalized spacial score (nSPS) is 13.4. The van der Waals surface area contributed by atoms with Crippen LogP contribution in [0.3, 0.4) is 0 Å². The zero-order valence-corrected chi connectivity index (χ0v) is 15.0. The number of amides is 1. The Hall–Kier alpha value is -2.36. The van der Waals surface area contributed by atoms with Crippen molar-refractivity contribution in [1.82, 2.24) is 5.32 Å². The second kappa shape index (κ2) is 7.68. The van der Waals surface area contributed by atoms with Crippen molar-refractivity contribution in [2.45, 2.75) is 25.9 Å². The Morgan fingerprint density at radius 2 is 1.60 bits per heavy atom. The van der Waals surface area contributed by atoms with E-state index in [0.717, 1.165) is 22.0 Å². The average Bonchev–Trinajstić information content (AvgIpc) is 2.61. The molecule has 1 amide bonds. The van der Waals surface area contributed by atoms with Crippen LogP contribution in [0.1, 0.15) is 25.5 Å². The second-order valence-electron chi connectivity index (χ2n) is 6.18. The Morgan fingerprint density at radius 3 is 2.36 bits per heavy atom. The fourth-order valence-corrected chi connectivity index (χ4v) is 3.18. The van der Waals surface area contributed by atoms with Gasteiger partial charge in [0.15, 0.2) is 0 Å². The van der Waals surface area contributed by atoms with Crippen LogP contribution < -0.4 is 10.6 Å². The Balaban J connectivity index is 1.66. The van der Waals surface area contributed by atoms with Gasteiger partial charge in [-0.2, -0.15) is 0 Å². The molecule has 0 aliphatic carbocycles. The van der Waals surface area contributed by atoms with Gasteiger partial charge in [-0.1, -0.05) is 60.1 Å². The van der Waals surface area contributed by atoms with Gasteiger partial charge in [-0.3, -0.25) is 10.1 Å². The molecule has 3 aromatic rings. The lowest BCUT2D eigenvalue weighted by molar-refractivity contribution is -0.117. The second-order valence-corrected chi connectivity index (χ2v) is 6.59. The highest BCUT2D eigenvalue weighted by atomic mass is 35.5. The molecule has 0 aliphatic rings. The van der Waals surface area contributed by atoms with Crippen LogP contribution in [-0.2, 0) is 4.79 Å². The lowest BCUT2D eigenvalue weighted by atomic mass is 10.1. The van der Waals surface area contributed by atoms with Crippen molar-refractivity contribution in [3.63, 3.8) is 0 Å². The molecule has 0 heterocycles. The van der Waals surface area contributed by atoms with Gasteiger partial charge < -0.3 is 5.32 Å². The lowest BCUT2D eigenvalue weighted by Crippen LogP contribution is -2.39. The molecule has 0 saturated heterocycles. The fourth-order valence-electron chi connectivity index (χ4n) is 2.88. The number of fused-ring (bicyclic) bond motifs is 1. The predicted molar refractivity (Wildman–Crippen MR) is 105 cm³/mol. The molecule has 0 unspecified atom stereocenters. The first-order valence-corrected chi connectivity index (χ1v) is 8.72. The van der Waals surface area contributed by atoms with Crippen molar-refractivity contribution >= 4 is 34.0 Å². The van der Waals surface area contributed by atoms with Gasteiger partial charge in [0.05, 0.1) is 6.04 Å². The molecule has 128 valence electrons. The average molecular weight is 353 g/mol. The summed E-state index contributed by atoms with van der Waals surface area (Å²) in [5.41, 5.74) is 1.78. The number of hydrogen-bond acceptors (Lipinski definition) is 2. The molecule has 0 bridgehead atoms. The van der Waals surface area contributed by atoms with Gasteiger partial charge >= 0.3 is 0 Å². The van der Waals surface area contributed by atoms with Gasteiger partial charge in [-0.05, 0) is 48.4 Å². The summed E-state index contributed by atoms with van der Waals surface area (Å²) in [5, 5.41) is 9.22. The summed E-state index contributed by atoms with van der Waals surface area (Å²) in [4.78, 5) is 12.5. The fraction of sp³-hybridized carbons (Fsp3) is 0.190. The summed E-state index contributed by atoms with van der Waals surface area (Å²) < 4.78 is 0. The van der Waals surface area contributed by atoms with Crippen molar-refractivity contribution in [2.24, 2.45) is 0 Å². The molecule has 0 radical (unpaired) electrons. The van der Waals surface area contributed by atoms with Crippen LogP contribution in [0.15, 0.2) is 66.7 Å². The highest BCUT2D eigenvalue weighted by molar-refractivity contribution is 6.31. The minimum atomic E-state index is -0.349. The third-order valence-corrected chi connectivity index (χ3v) is 4.63. The third-order valence-electron chi connectivity index (χ3n) is 4.28. The van der Waals surface area contributed by atoms with E-state index in [9.17, 15) is 4.79 Å². The summed E-state index contributed by atoms with van der Waals surface area (Å²) >= 11 is 6.23. The highest BCUT2D eigenvalue weighted by Gasteiger charge is 2.17. The molecule has 3 nitrogen and oxygen atoms in total. The minimum Gasteiger partial charge on any atom is -0.325 e. The van der Waals surface area contributed by atoms with Gasteiger partial charge in [0.25, 0.3) is 0 Å². The molecule has 0 spiro atoms. The standard InChI is InChI=1S/C21H21ClN2O/c1-14(19-9-5-6-10-20(19)22)23-15(2)21(25)24-18-12-11-16-7-3-4-8-17(16)13-18/h3-15,23H,1-2H3,(H,24,25)/t14-,15+/m0/s1. The molecular weight excluding hydrogens is 332 g/mol. The smallest absolute Gasteiger partial charge is 0.241 e. The summed E-state index contributed by atoms with van der Waals surface area (Å²) in [6.07, 6.45) is 0. The zero-order chi connectivity index (χ0) is 17.8. The Morgan fingerprint density at radius 1 is 0.920 bits per heavy atom. The first-order valence-electron chi connectivity index (χ1n) is 8.35. The minimum absolute atomic E-state index is 0.0222. The first-order chi connectivity index (χ1) is 12.0. The van der Waals surface area contributed by atoms with Gasteiger partial charge in [0, 0.05) is 16.8 Å². The summed E-state index contributed by atoms with van der Waals surface area (Å²) in [7, 11) is 0. The van der Waals surface area contributed by atoms with E-state index in [-0.39, 0.29) is 18.0 Å². The maximum absolute atomic E-state index is 12.5. The molecule has 0 saturated carbocycles. The van der Waals surface area contributed by atoms with Gasteiger partial charge in [-0.15, -0.1) is 0 Å². The summed E-state index contributed by atoms with van der Waals surface area (Å²) in [5.74, 6) is -0.0748. The Bertz CT molecular complexity index is 894. The Kier molecular flexibility index (Phi) is 5.37. The number of halogens is 1. The molecule has 3 rings (SSSR count). The number of benzene rings is 3. The quantitative estimate of drug-likeness (QED) is 0.665. The van der Waals surface area contributed by atoms with Gasteiger partial charge in [0.1, 0.15) is 0 Å². The van der Waals surface area contributed by atoms with Crippen LogP contribution in [-0.4, -0.2) is 11.9 Å². The maximum atomic E-state index is 12.5. The molecule has 2 N–H and O–H groups in total. The third kappa shape index (κ3) is 4.19. The molecule has 0 aliphatic heterocycles. The van der Waals surface area contributed by atoms with Crippen LogP contribution in [0.25, 0.3) is 10.8 Å². The molecule has 0 aromatic heterocycles. The molecule has 4 heteroatoms. The topological polar surface area (TPSA) is 41.1 Å². The zero-order valence-electron chi connectivity index (χ0n) is 14.3. The number of carbonyl (C=O) groups is 1. The van der Waals surface area contributed by atoms with E-state index in [1.807, 2.05) is 74.5 Å². The maximum Gasteiger partial charge on any atom is 0.241 e. The van der Waals surface area contributed by atoms with Crippen LogP contribution in [0.2, 0.25) is 5.02 Å². The molecule has 3 aromatic carbocycles. The van der Waals surface area contributed by atoms with E-state index in [4.69, 9.17) is 11.6 Å². The van der Waals surface area contributed by atoms with Gasteiger partial charge in [-0.25, -0.2) is 0 Å². The number of carbonyl (C=O) groups excluding carboxylic acids is 1. The monoisotopic (exact) mass is 352 g/mol. The molecular formula is C21H21ClN2O. The molecule has 2 atom stereocenters. The highest BCUT2D eigenvalue weighted by Crippen LogP contribution is 2.23. The summed E-state index contributed by atoms with van der Waals surface area (Å²) in [6, 6.07) is 21.3. The number of rotatable bonds is 5. The van der Waals surface area contributed by atoms with Crippen LogP contribution in [0, 0.1) is 0 Å². The van der Waals surface area contributed by atoms with Gasteiger partial charge in [0.2, 0.25) is 5.91 Å². The van der Waals surface area contributed by atoms with E-state index in [2.05, 4.69) is 16.7 Å². The number of hydrogen-bond donors (Lipinski definition) is 2. The van der Waals surface area contributed by atoms with Crippen LogP contribution in [0.4, 0.5) is 5.69 Å². The Labute approximate surface area is 153 Å².